The number of hydrogen-bond acceptors (Lipinski definition) is 3. The minimum absolute atomic E-state index is 0.455. The summed E-state index contributed by atoms with van der Waals surface area (Å²) in [7, 11) is 0. The van der Waals surface area contributed by atoms with Gasteiger partial charge in [-0.2, -0.15) is 0 Å². The first-order valence-electron chi connectivity index (χ1n) is 22.6. The summed E-state index contributed by atoms with van der Waals surface area (Å²) < 4.78 is 11.7. The van der Waals surface area contributed by atoms with Crippen molar-refractivity contribution in [2.45, 2.75) is 0 Å². The molecule has 5 nitrogen and oxygen atoms in total. The van der Waals surface area contributed by atoms with Crippen molar-refractivity contribution in [3.05, 3.63) is 243 Å². The van der Waals surface area contributed by atoms with Crippen molar-refractivity contribution in [1.29, 1.82) is 0 Å². The third kappa shape index (κ3) is 6.55. The molecule has 10 aromatic carbocycles. The van der Waals surface area contributed by atoms with Gasteiger partial charge in [-0.15, -0.1) is 10.2 Å². The van der Waals surface area contributed by atoms with Crippen LogP contribution in [-0.4, -0.2) is 19.3 Å². The summed E-state index contributed by atoms with van der Waals surface area (Å²) in [5, 5.41) is 14.1. The van der Waals surface area contributed by atoms with Crippen LogP contribution >= 0.6 is 0 Å². The standard InChI is InChI=1S/C62H40N4O/c1-5-19-41(20-6-1)45-35-46(42-21-7-2-8-22-42)38-49(37-45)65-57-33-16-14-28-53(57)59-54(30-18-34-58(59)65)61-63-64-62(67-61)55-31-17-29-52-51-27-13-15-32-56(51)66(60(52)55)50-39-47(43-23-9-3-10-24-43)36-48(40-50)44-25-11-4-12-26-44/h1-40H. The van der Waals surface area contributed by atoms with Crippen LogP contribution in [0, 0.1) is 0 Å². The zero-order chi connectivity index (χ0) is 44.3. The maximum atomic E-state index is 6.92. The van der Waals surface area contributed by atoms with E-state index in [-0.39, 0.29) is 0 Å². The monoisotopic (exact) mass is 856 g/mol. The van der Waals surface area contributed by atoms with Gasteiger partial charge in [0, 0.05) is 38.5 Å². The molecule has 314 valence electrons. The Labute approximate surface area is 387 Å². The number of rotatable bonds is 8. The fourth-order valence-electron chi connectivity index (χ4n) is 10.0. The Balaban J connectivity index is 1.00. The molecule has 0 fully saturated rings. The van der Waals surface area contributed by atoms with Gasteiger partial charge in [-0.1, -0.05) is 176 Å². The van der Waals surface area contributed by atoms with E-state index in [0.717, 1.165) is 111 Å². The molecule has 0 atom stereocenters. The first-order valence-corrected chi connectivity index (χ1v) is 22.6. The van der Waals surface area contributed by atoms with Gasteiger partial charge in [0.1, 0.15) is 0 Å². The van der Waals surface area contributed by atoms with Gasteiger partial charge in [0.15, 0.2) is 0 Å². The second-order valence-corrected chi connectivity index (χ2v) is 17.0. The second kappa shape index (κ2) is 15.9. The van der Waals surface area contributed by atoms with Gasteiger partial charge in [-0.3, -0.25) is 0 Å². The van der Waals surface area contributed by atoms with Crippen molar-refractivity contribution in [3.63, 3.8) is 0 Å². The molecule has 3 heterocycles. The Morgan fingerprint density at radius 3 is 1.21 bits per heavy atom. The van der Waals surface area contributed by atoms with E-state index < -0.39 is 0 Å². The lowest BCUT2D eigenvalue weighted by molar-refractivity contribution is 0.585. The number of fused-ring (bicyclic) bond motifs is 6. The van der Waals surface area contributed by atoms with E-state index in [4.69, 9.17) is 14.6 Å². The molecule has 0 N–H and O–H groups in total. The average molecular weight is 857 g/mol. The maximum absolute atomic E-state index is 6.92. The summed E-state index contributed by atoms with van der Waals surface area (Å²) in [4.78, 5) is 0. The molecule has 0 radical (unpaired) electrons. The lowest BCUT2D eigenvalue weighted by atomic mass is 9.98. The smallest absolute Gasteiger partial charge is 0.250 e. The van der Waals surface area contributed by atoms with Crippen molar-refractivity contribution >= 4 is 43.6 Å². The SMILES string of the molecule is c1ccc(-c2cc(-c3ccccc3)cc(-n3c4ccccc4c4c(-c5nnc(-c6cccc7c8ccccc8n(-c8cc(-c9ccccc9)cc(-c9ccccc9)c8)c67)o5)cccc43)c2)cc1. The van der Waals surface area contributed by atoms with E-state index in [1.54, 1.807) is 0 Å². The first kappa shape index (κ1) is 38.4. The van der Waals surface area contributed by atoms with Crippen LogP contribution < -0.4 is 0 Å². The summed E-state index contributed by atoms with van der Waals surface area (Å²) in [6.45, 7) is 0. The predicted octanol–water partition coefficient (Wildman–Crippen LogP) is 16.3. The minimum atomic E-state index is 0.455. The highest BCUT2D eigenvalue weighted by Gasteiger charge is 2.24. The van der Waals surface area contributed by atoms with Gasteiger partial charge in [-0.25, -0.2) is 0 Å². The van der Waals surface area contributed by atoms with Crippen LogP contribution in [0.2, 0.25) is 0 Å². The van der Waals surface area contributed by atoms with Gasteiger partial charge in [-0.05, 0) is 111 Å². The van der Waals surface area contributed by atoms with E-state index in [9.17, 15) is 0 Å². The topological polar surface area (TPSA) is 48.8 Å². The quantitative estimate of drug-likeness (QED) is 0.153. The zero-order valence-electron chi connectivity index (χ0n) is 36.3. The predicted molar refractivity (Wildman–Crippen MR) is 276 cm³/mol. The van der Waals surface area contributed by atoms with E-state index in [0.29, 0.717) is 11.8 Å². The number of nitrogens with zero attached hydrogens (tertiary/aromatic N) is 4. The molecule has 0 unspecified atom stereocenters. The summed E-state index contributed by atoms with van der Waals surface area (Å²) in [5.41, 5.74) is 17.3. The summed E-state index contributed by atoms with van der Waals surface area (Å²) in [6, 6.07) is 86.2. The third-order valence-corrected chi connectivity index (χ3v) is 13.1. The molecular weight excluding hydrogens is 817 g/mol. The van der Waals surface area contributed by atoms with Gasteiger partial charge >= 0.3 is 0 Å². The maximum Gasteiger partial charge on any atom is 0.250 e. The van der Waals surface area contributed by atoms with E-state index in [2.05, 4.69) is 252 Å². The van der Waals surface area contributed by atoms with Crippen LogP contribution in [0.25, 0.3) is 122 Å². The Hall–Kier alpha value is -9.06. The fraction of sp³-hybridized carbons (Fsp3) is 0. The Morgan fingerprint density at radius 2 is 0.672 bits per heavy atom. The van der Waals surface area contributed by atoms with Crippen LogP contribution in [0.15, 0.2) is 247 Å². The van der Waals surface area contributed by atoms with Gasteiger partial charge in [0.25, 0.3) is 0 Å². The number of aromatic nitrogens is 4. The second-order valence-electron chi connectivity index (χ2n) is 17.0. The van der Waals surface area contributed by atoms with E-state index in [1.807, 2.05) is 0 Å². The first-order chi connectivity index (χ1) is 33.2. The highest BCUT2D eigenvalue weighted by Crippen LogP contribution is 2.43. The summed E-state index contributed by atoms with van der Waals surface area (Å²) in [6.07, 6.45) is 0. The lowest BCUT2D eigenvalue weighted by Crippen LogP contribution is -1.97. The number of para-hydroxylation sites is 3. The fourth-order valence-corrected chi connectivity index (χ4v) is 10.0. The molecule has 0 amide bonds. The van der Waals surface area contributed by atoms with Crippen LogP contribution in [0.1, 0.15) is 0 Å². The Bertz CT molecular complexity index is 3850. The Morgan fingerprint density at radius 1 is 0.284 bits per heavy atom. The highest BCUT2D eigenvalue weighted by molar-refractivity contribution is 6.16. The molecule has 0 saturated carbocycles. The average Bonchev–Trinajstić information content (AvgIpc) is 4.13. The molecule has 5 heteroatoms. The molecule has 0 bridgehead atoms. The summed E-state index contributed by atoms with van der Waals surface area (Å²) >= 11 is 0. The highest BCUT2D eigenvalue weighted by atomic mass is 16.4. The largest absolute Gasteiger partial charge is 0.416 e. The molecule has 13 aromatic rings. The number of benzene rings is 10. The third-order valence-electron chi connectivity index (χ3n) is 13.1. The van der Waals surface area contributed by atoms with Crippen LogP contribution in [0.3, 0.4) is 0 Å². The van der Waals surface area contributed by atoms with Gasteiger partial charge in [0.05, 0.1) is 27.6 Å². The molecule has 0 aliphatic heterocycles. The minimum Gasteiger partial charge on any atom is -0.416 e. The molecule has 3 aromatic heterocycles. The van der Waals surface area contributed by atoms with Crippen LogP contribution in [-0.2, 0) is 0 Å². The van der Waals surface area contributed by atoms with Crippen molar-refractivity contribution in [2.75, 3.05) is 0 Å². The molecule has 0 aliphatic carbocycles. The van der Waals surface area contributed by atoms with E-state index in [1.165, 1.54) is 0 Å². The Kier molecular flexibility index (Phi) is 9.10. The molecule has 67 heavy (non-hydrogen) atoms. The lowest BCUT2D eigenvalue weighted by Gasteiger charge is -2.15. The van der Waals surface area contributed by atoms with Crippen molar-refractivity contribution in [3.8, 4) is 78.8 Å². The van der Waals surface area contributed by atoms with Gasteiger partial charge in [0.2, 0.25) is 11.8 Å². The molecule has 0 aliphatic rings. The molecular formula is C62H40N4O. The van der Waals surface area contributed by atoms with Crippen LogP contribution in [0.5, 0.6) is 0 Å². The summed E-state index contributed by atoms with van der Waals surface area (Å²) in [5.74, 6) is 0.916. The van der Waals surface area contributed by atoms with Crippen molar-refractivity contribution in [2.24, 2.45) is 0 Å². The molecule has 0 spiro atoms. The van der Waals surface area contributed by atoms with Gasteiger partial charge < -0.3 is 13.6 Å². The normalized spacial score (nSPS) is 11.6. The molecule has 13 rings (SSSR count). The number of hydrogen-bond donors (Lipinski definition) is 0. The van der Waals surface area contributed by atoms with Crippen molar-refractivity contribution < 1.29 is 4.42 Å². The van der Waals surface area contributed by atoms with Crippen LogP contribution in [0.4, 0.5) is 0 Å². The zero-order valence-corrected chi connectivity index (χ0v) is 36.3. The van der Waals surface area contributed by atoms with E-state index >= 15 is 0 Å². The van der Waals surface area contributed by atoms with Crippen molar-refractivity contribution in [1.82, 2.24) is 19.3 Å². The molecule has 0 saturated heterocycles.